The van der Waals surface area contributed by atoms with E-state index >= 15 is 0 Å². The molecule has 30 heavy (non-hydrogen) atoms. The fraction of sp³-hybridized carbons (Fsp3) is 0.261. The first-order valence-corrected chi connectivity index (χ1v) is 9.42. The Morgan fingerprint density at radius 2 is 1.73 bits per heavy atom. The SMILES string of the molecule is COc1ccc(C(=O)COC(=O)CCc2ncc(-c3ccc(C)cc3)o2)cc1OC. The Kier molecular flexibility index (Phi) is 6.85. The molecule has 0 saturated carbocycles. The molecule has 3 aromatic rings. The topological polar surface area (TPSA) is 87.9 Å². The number of oxazole rings is 1. The van der Waals surface area contributed by atoms with Crippen LogP contribution >= 0.6 is 0 Å². The molecule has 0 radical (unpaired) electrons. The molecular weight excluding hydrogens is 386 g/mol. The molecule has 0 aliphatic carbocycles. The highest BCUT2D eigenvalue weighted by Gasteiger charge is 2.14. The molecule has 0 atom stereocenters. The van der Waals surface area contributed by atoms with Crippen molar-refractivity contribution in [2.45, 2.75) is 19.8 Å². The van der Waals surface area contributed by atoms with Crippen LogP contribution in [0.2, 0.25) is 0 Å². The summed E-state index contributed by atoms with van der Waals surface area (Å²) in [6.45, 7) is 1.66. The molecule has 1 heterocycles. The van der Waals surface area contributed by atoms with E-state index in [2.05, 4.69) is 4.98 Å². The average Bonchev–Trinajstić information content (AvgIpc) is 3.25. The van der Waals surface area contributed by atoms with E-state index in [-0.39, 0.29) is 25.2 Å². The first kappa shape index (κ1) is 21.1. The molecule has 0 bridgehead atoms. The number of methoxy groups -OCH3 is 2. The predicted octanol–water partition coefficient (Wildman–Crippen LogP) is 4.03. The molecular formula is C23H23NO6. The number of aryl methyl sites for hydroxylation is 2. The normalized spacial score (nSPS) is 10.5. The minimum atomic E-state index is -0.501. The van der Waals surface area contributed by atoms with Crippen LogP contribution in [0.15, 0.2) is 53.1 Å². The Labute approximate surface area is 174 Å². The summed E-state index contributed by atoms with van der Waals surface area (Å²) in [6, 6.07) is 12.7. The van der Waals surface area contributed by atoms with Crippen LogP contribution in [0.25, 0.3) is 11.3 Å². The number of hydrogen-bond donors (Lipinski definition) is 0. The maximum atomic E-state index is 12.3. The standard InChI is InChI=1S/C23H23NO6/c1-15-4-6-16(7-5-15)21-13-24-22(30-21)10-11-23(26)29-14-18(25)17-8-9-19(27-2)20(12-17)28-3/h4-9,12-13H,10-11,14H2,1-3H3. The Morgan fingerprint density at radius 1 is 1.00 bits per heavy atom. The lowest BCUT2D eigenvalue weighted by atomic mass is 10.1. The van der Waals surface area contributed by atoms with Gasteiger partial charge in [0.05, 0.1) is 26.8 Å². The van der Waals surface area contributed by atoms with Crippen LogP contribution in [0.5, 0.6) is 11.5 Å². The van der Waals surface area contributed by atoms with Gasteiger partial charge in [0.15, 0.2) is 35.5 Å². The fourth-order valence-electron chi connectivity index (χ4n) is 2.80. The highest BCUT2D eigenvalue weighted by molar-refractivity contribution is 5.98. The van der Waals surface area contributed by atoms with E-state index in [1.165, 1.54) is 14.2 Å². The zero-order valence-corrected chi connectivity index (χ0v) is 17.1. The van der Waals surface area contributed by atoms with E-state index in [0.717, 1.165) is 11.1 Å². The van der Waals surface area contributed by atoms with Gasteiger partial charge in [0.1, 0.15) is 0 Å². The molecule has 0 aliphatic heterocycles. The number of ketones is 1. The van der Waals surface area contributed by atoms with Crippen LogP contribution in [0.1, 0.15) is 28.2 Å². The number of nitrogens with zero attached hydrogens (tertiary/aromatic N) is 1. The van der Waals surface area contributed by atoms with Crippen LogP contribution < -0.4 is 9.47 Å². The Balaban J connectivity index is 1.49. The molecule has 7 nitrogen and oxygen atoms in total. The molecule has 0 amide bonds. The van der Waals surface area contributed by atoms with Crippen LogP contribution in [-0.4, -0.2) is 37.6 Å². The van der Waals surface area contributed by atoms with Crippen molar-refractivity contribution in [3.63, 3.8) is 0 Å². The molecule has 156 valence electrons. The molecule has 0 N–H and O–H groups in total. The summed E-state index contributed by atoms with van der Waals surface area (Å²) >= 11 is 0. The highest BCUT2D eigenvalue weighted by Crippen LogP contribution is 2.27. The van der Waals surface area contributed by atoms with Gasteiger partial charge in [0.25, 0.3) is 0 Å². The lowest BCUT2D eigenvalue weighted by Gasteiger charge is -2.09. The van der Waals surface area contributed by atoms with Crippen molar-refractivity contribution < 1.29 is 28.2 Å². The maximum Gasteiger partial charge on any atom is 0.306 e. The van der Waals surface area contributed by atoms with Crippen LogP contribution in [-0.2, 0) is 16.0 Å². The first-order chi connectivity index (χ1) is 14.5. The van der Waals surface area contributed by atoms with Gasteiger partial charge in [-0.05, 0) is 25.1 Å². The lowest BCUT2D eigenvalue weighted by molar-refractivity contribution is -0.142. The summed E-state index contributed by atoms with van der Waals surface area (Å²) in [6.07, 6.45) is 1.98. The molecule has 0 unspecified atom stereocenters. The minimum absolute atomic E-state index is 0.0626. The van der Waals surface area contributed by atoms with Crippen molar-refractivity contribution in [3.8, 4) is 22.8 Å². The van der Waals surface area contributed by atoms with Gasteiger partial charge in [-0.2, -0.15) is 0 Å². The fourth-order valence-corrected chi connectivity index (χ4v) is 2.80. The third-order valence-electron chi connectivity index (χ3n) is 4.50. The van der Waals surface area contributed by atoms with Crippen LogP contribution in [0.3, 0.4) is 0 Å². The second kappa shape index (κ2) is 9.73. The first-order valence-electron chi connectivity index (χ1n) is 9.42. The summed E-state index contributed by atoms with van der Waals surface area (Å²) in [5.41, 5.74) is 2.45. The second-order valence-electron chi connectivity index (χ2n) is 6.64. The summed E-state index contributed by atoms with van der Waals surface area (Å²) in [5.74, 6) is 1.20. The minimum Gasteiger partial charge on any atom is -0.493 e. The highest BCUT2D eigenvalue weighted by atomic mass is 16.5. The monoisotopic (exact) mass is 409 g/mol. The summed E-state index contributed by atoms with van der Waals surface area (Å²) in [5, 5.41) is 0. The van der Waals surface area contributed by atoms with Gasteiger partial charge in [-0.3, -0.25) is 9.59 Å². The number of aromatic nitrogens is 1. The number of rotatable bonds is 9. The largest absolute Gasteiger partial charge is 0.493 e. The summed E-state index contributed by atoms with van der Waals surface area (Å²) < 4.78 is 21.1. The van der Waals surface area contributed by atoms with Gasteiger partial charge in [0, 0.05) is 17.5 Å². The number of Topliss-reactive ketones (excluding diaryl/α,β-unsaturated/α-hetero) is 1. The molecule has 0 aliphatic rings. The third kappa shape index (κ3) is 5.26. The number of benzene rings is 2. The maximum absolute atomic E-state index is 12.3. The van der Waals surface area contributed by atoms with Crippen molar-refractivity contribution in [3.05, 3.63) is 65.7 Å². The third-order valence-corrected chi connectivity index (χ3v) is 4.50. The molecule has 7 heteroatoms. The molecule has 0 fully saturated rings. The summed E-state index contributed by atoms with van der Waals surface area (Å²) in [4.78, 5) is 28.5. The zero-order chi connectivity index (χ0) is 21.5. The van der Waals surface area contributed by atoms with Gasteiger partial charge in [-0.1, -0.05) is 29.8 Å². The number of carbonyl (C=O) groups excluding carboxylic acids is 2. The molecule has 2 aromatic carbocycles. The molecule has 0 spiro atoms. The zero-order valence-electron chi connectivity index (χ0n) is 17.1. The van der Waals surface area contributed by atoms with E-state index < -0.39 is 5.97 Å². The quantitative estimate of drug-likeness (QED) is 0.389. The van der Waals surface area contributed by atoms with Crippen molar-refractivity contribution in [2.75, 3.05) is 20.8 Å². The van der Waals surface area contributed by atoms with E-state index in [0.29, 0.717) is 28.7 Å². The summed E-state index contributed by atoms with van der Waals surface area (Å²) in [7, 11) is 3.00. The van der Waals surface area contributed by atoms with Crippen molar-refractivity contribution in [2.24, 2.45) is 0 Å². The van der Waals surface area contributed by atoms with Gasteiger partial charge < -0.3 is 18.6 Å². The van der Waals surface area contributed by atoms with Gasteiger partial charge in [-0.25, -0.2) is 4.98 Å². The number of esters is 1. The molecule has 3 rings (SSSR count). The number of ether oxygens (including phenoxy) is 3. The van der Waals surface area contributed by atoms with Gasteiger partial charge in [-0.15, -0.1) is 0 Å². The van der Waals surface area contributed by atoms with E-state index in [9.17, 15) is 9.59 Å². The van der Waals surface area contributed by atoms with Gasteiger partial charge >= 0.3 is 5.97 Å². The Bertz CT molecular complexity index is 1020. The lowest BCUT2D eigenvalue weighted by Crippen LogP contribution is -2.14. The van der Waals surface area contributed by atoms with Gasteiger partial charge in [0.2, 0.25) is 0 Å². The Morgan fingerprint density at radius 3 is 2.43 bits per heavy atom. The Hall–Kier alpha value is -3.61. The number of carbonyl (C=O) groups is 2. The number of hydrogen-bond acceptors (Lipinski definition) is 7. The average molecular weight is 409 g/mol. The molecule has 1 aromatic heterocycles. The van der Waals surface area contributed by atoms with Crippen LogP contribution in [0, 0.1) is 6.92 Å². The van der Waals surface area contributed by atoms with E-state index in [4.69, 9.17) is 18.6 Å². The molecule has 0 saturated heterocycles. The smallest absolute Gasteiger partial charge is 0.306 e. The van der Waals surface area contributed by atoms with E-state index in [1.54, 1.807) is 24.4 Å². The van der Waals surface area contributed by atoms with E-state index in [1.807, 2.05) is 31.2 Å². The van der Waals surface area contributed by atoms with Crippen molar-refractivity contribution in [1.29, 1.82) is 0 Å². The second-order valence-corrected chi connectivity index (χ2v) is 6.64. The predicted molar refractivity (Wildman–Crippen MR) is 110 cm³/mol. The van der Waals surface area contributed by atoms with Crippen molar-refractivity contribution in [1.82, 2.24) is 4.98 Å². The van der Waals surface area contributed by atoms with Crippen LogP contribution in [0.4, 0.5) is 0 Å². The van der Waals surface area contributed by atoms with Crippen molar-refractivity contribution >= 4 is 11.8 Å².